The van der Waals surface area contributed by atoms with Gasteiger partial charge in [0, 0.05) is 37.1 Å². The van der Waals surface area contributed by atoms with E-state index >= 15 is 0 Å². The monoisotopic (exact) mass is 467 g/mol. The average molecular weight is 468 g/mol. The predicted molar refractivity (Wildman–Crippen MR) is 131 cm³/mol. The minimum Gasteiger partial charge on any atom is -0.495 e. The Balaban J connectivity index is 1.79. The Hall–Kier alpha value is -4.47. The van der Waals surface area contributed by atoms with Crippen molar-refractivity contribution in [2.75, 3.05) is 25.1 Å². The second-order valence-electron chi connectivity index (χ2n) is 8.39. The normalized spacial score (nSPS) is 14.0. The van der Waals surface area contributed by atoms with Crippen LogP contribution in [-0.2, 0) is 0 Å². The Kier molecular flexibility index (Phi) is 5.77. The van der Waals surface area contributed by atoms with E-state index in [1.165, 1.54) is 19.2 Å². The lowest BCUT2D eigenvalue weighted by molar-refractivity contribution is 0.413. The summed E-state index contributed by atoms with van der Waals surface area (Å²) < 4.78 is 21.9. The summed E-state index contributed by atoms with van der Waals surface area (Å²) in [5.74, 6) is 0.525. The zero-order valence-corrected chi connectivity index (χ0v) is 19.1. The van der Waals surface area contributed by atoms with Crippen molar-refractivity contribution in [3.8, 4) is 34.2 Å². The summed E-state index contributed by atoms with van der Waals surface area (Å²) in [6.07, 6.45) is 5.22. The van der Waals surface area contributed by atoms with Gasteiger partial charge in [-0.1, -0.05) is 18.2 Å². The first kappa shape index (κ1) is 22.3. The number of hydrogen-bond donors (Lipinski definition) is 1. The summed E-state index contributed by atoms with van der Waals surface area (Å²) in [6.45, 7) is 8.67. The number of halogens is 1. The molecule has 174 valence electrons. The molecule has 0 amide bonds. The van der Waals surface area contributed by atoms with Gasteiger partial charge in [0.15, 0.2) is 0 Å². The number of piperidine rings is 1. The molecule has 0 radical (unpaired) electrons. The van der Waals surface area contributed by atoms with E-state index in [2.05, 4.69) is 20.8 Å². The van der Waals surface area contributed by atoms with Crippen LogP contribution in [0.1, 0.15) is 18.4 Å². The molecule has 4 aromatic rings. The first-order chi connectivity index (χ1) is 17.0. The molecule has 1 aliphatic rings. The number of nitriles is 1. The second-order valence-corrected chi connectivity index (χ2v) is 8.39. The van der Waals surface area contributed by atoms with Crippen LogP contribution in [0.4, 0.5) is 16.0 Å². The third-order valence-electron chi connectivity index (χ3n) is 6.30. The molecule has 2 aromatic carbocycles. The topological polar surface area (TPSA) is 96.8 Å². The Morgan fingerprint density at radius 2 is 1.97 bits per heavy atom. The van der Waals surface area contributed by atoms with Crippen LogP contribution in [0.3, 0.4) is 0 Å². The summed E-state index contributed by atoms with van der Waals surface area (Å²) in [6, 6.07) is 12.1. The van der Waals surface area contributed by atoms with Gasteiger partial charge < -0.3 is 15.4 Å². The first-order valence-electron chi connectivity index (χ1n) is 11.2. The molecule has 0 bridgehead atoms. The number of benzene rings is 2. The minimum absolute atomic E-state index is 0.0568. The molecule has 0 aliphatic carbocycles. The van der Waals surface area contributed by atoms with Gasteiger partial charge in [0.2, 0.25) is 11.6 Å². The average Bonchev–Trinajstić information content (AvgIpc) is 3.37. The molecule has 3 heterocycles. The molecule has 0 spiro atoms. The molecule has 9 heteroatoms. The van der Waals surface area contributed by atoms with Gasteiger partial charge >= 0.3 is 0 Å². The van der Waals surface area contributed by atoms with Gasteiger partial charge in [-0.05, 0) is 36.6 Å². The number of rotatable bonds is 4. The van der Waals surface area contributed by atoms with Crippen molar-refractivity contribution >= 4 is 17.3 Å². The van der Waals surface area contributed by atoms with Crippen molar-refractivity contribution in [2.24, 2.45) is 5.73 Å². The zero-order valence-electron chi connectivity index (χ0n) is 19.1. The third kappa shape index (κ3) is 3.92. The summed E-state index contributed by atoms with van der Waals surface area (Å²) in [4.78, 5) is 15.0. The fourth-order valence-corrected chi connectivity index (χ4v) is 4.46. The van der Waals surface area contributed by atoms with Gasteiger partial charge in [0.25, 0.3) is 0 Å². The van der Waals surface area contributed by atoms with Gasteiger partial charge in [-0.3, -0.25) is 4.40 Å². The summed E-state index contributed by atoms with van der Waals surface area (Å²) in [5, 5.41) is 9.65. The van der Waals surface area contributed by atoms with E-state index in [9.17, 15) is 9.65 Å². The van der Waals surface area contributed by atoms with Crippen LogP contribution in [0, 0.1) is 23.7 Å². The summed E-state index contributed by atoms with van der Waals surface area (Å²) in [7, 11) is 1.51. The summed E-state index contributed by atoms with van der Waals surface area (Å²) in [5.41, 5.74) is 9.43. The van der Waals surface area contributed by atoms with Crippen LogP contribution in [-0.4, -0.2) is 40.6 Å². The Morgan fingerprint density at radius 3 is 2.66 bits per heavy atom. The highest BCUT2D eigenvalue weighted by atomic mass is 19.1. The van der Waals surface area contributed by atoms with E-state index < -0.39 is 5.82 Å². The molecule has 0 saturated carbocycles. The van der Waals surface area contributed by atoms with Crippen molar-refractivity contribution in [2.45, 2.75) is 18.9 Å². The van der Waals surface area contributed by atoms with Crippen molar-refractivity contribution in [3.05, 3.63) is 71.6 Å². The molecular formula is C26H22FN7O. The van der Waals surface area contributed by atoms with Gasteiger partial charge in [-0.15, -0.1) is 0 Å². The maximum atomic E-state index is 14.7. The number of nitrogens with zero attached hydrogens (tertiary/aromatic N) is 6. The number of fused-ring (bicyclic) bond motifs is 1. The van der Waals surface area contributed by atoms with E-state index in [-0.39, 0.29) is 11.7 Å². The Labute approximate surface area is 201 Å². The Bertz CT molecular complexity index is 1510. The fraction of sp³-hybridized carbons (Fsp3) is 0.231. The zero-order chi connectivity index (χ0) is 24.5. The lowest BCUT2D eigenvalue weighted by atomic mass is 9.98. The number of ether oxygens (including phenoxy) is 1. The van der Waals surface area contributed by atoms with Crippen LogP contribution in [0.5, 0.6) is 5.75 Å². The smallest absolute Gasteiger partial charge is 0.222 e. The molecular weight excluding hydrogens is 445 g/mol. The lowest BCUT2D eigenvalue weighted by Gasteiger charge is -2.32. The lowest BCUT2D eigenvalue weighted by Crippen LogP contribution is -2.40. The van der Waals surface area contributed by atoms with Gasteiger partial charge in [0.05, 0.1) is 30.5 Å². The quantitative estimate of drug-likeness (QED) is 0.442. The van der Waals surface area contributed by atoms with Crippen LogP contribution in [0.2, 0.25) is 0 Å². The van der Waals surface area contributed by atoms with Crippen LogP contribution >= 0.6 is 0 Å². The number of anilines is 1. The fourth-order valence-electron chi connectivity index (χ4n) is 4.46. The highest BCUT2D eigenvalue weighted by Crippen LogP contribution is 2.39. The maximum absolute atomic E-state index is 14.7. The maximum Gasteiger partial charge on any atom is 0.222 e. The third-order valence-corrected chi connectivity index (χ3v) is 6.30. The standard InChI is InChI=1S/C26H22FN7O/c1-30-21-5-3-17(14-20(21)27)24-23(16-4-6-22(35-2)18(13-16)15-28)25-31-9-12-34(25)26(32-24)33-10-7-19(29)8-11-33/h3-6,9,12-14,19H,7-8,10-11,29H2,2H3. The van der Waals surface area contributed by atoms with Gasteiger partial charge in [-0.2, -0.15) is 5.26 Å². The van der Waals surface area contributed by atoms with E-state index in [1.54, 1.807) is 24.4 Å². The molecule has 1 fully saturated rings. The molecule has 2 aromatic heterocycles. The molecule has 35 heavy (non-hydrogen) atoms. The minimum atomic E-state index is -0.619. The molecule has 1 aliphatic heterocycles. The predicted octanol–water partition coefficient (Wildman–Crippen LogP) is 4.56. The number of methoxy groups -OCH3 is 1. The highest BCUT2D eigenvalue weighted by molar-refractivity contribution is 5.92. The van der Waals surface area contributed by atoms with E-state index in [1.807, 2.05) is 16.7 Å². The van der Waals surface area contributed by atoms with Crippen molar-refractivity contribution in [1.82, 2.24) is 14.4 Å². The molecule has 8 nitrogen and oxygen atoms in total. The number of aromatic nitrogens is 3. The van der Waals surface area contributed by atoms with Crippen LogP contribution < -0.4 is 15.4 Å². The van der Waals surface area contributed by atoms with Crippen molar-refractivity contribution < 1.29 is 9.13 Å². The SMILES string of the molecule is [C-]#[N+]c1ccc(-c2nc(N3CCC(N)CC3)n3ccnc3c2-c2ccc(OC)c(C#N)c2)cc1F. The van der Waals surface area contributed by atoms with Crippen molar-refractivity contribution in [3.63, 3.8) is 0 Å². The molecule has 0 atom stereocenters. The number of imidazole rings is 1. The Morgan fingerprint density at radius 1 is 1.20 bits per heavy atom. The van der Waals surface area contributed by atoms with Crippen LogP contribution in [0.25, 0.3) is 32.9 Å². The molecule has 1 saturated heterocycles. The number of hydrogen-bond acceptors (Lipinski definition) is 6. The summed E-state index contributed by atoms with van der Waals surface area (Å²) >= 11 is 0. The largest absolute Gasteiger partial charge is 0.495 e. The number of nitrogens with two attached hydrogens (primary N) is 1. The van der Waals surface area contributed by atoms with E-state index in [0.717, 1.165) is 25.9 Å². The first-order valence-corrected chi connectivity index (χ1v) is 11.2. The van der Waals surface area contributed by atoms with Crippen molar-refractivity contribution in [1.29, 1.82) is 5.26 Å². The van der Waals surface area contributed by atoms with Gasteiger partial charge in [-0.25, -0.2) is 19.2 Å². The van der Waals surface area contributed by atoms with Crippen LogP contribution in [0.15, 0.2) is 48.8 Å². The van der Waals surface area contributed by atoms with E-state index in [4.69, 9.17) is 22.0 Å². The molecule has 5 rings (SSSR count). The molecule has 0 unspecified atom stereocenters. The van der Waals surface area contributed by atoms with E-state index in [0.29, 0.717) is 45.3 Å². The highest BCUT2D eigenvalue weighted by Gasteiger charge is 2.25. The molecule has 2 N–H and O–H groups in total. The van der Waals surface area contributed by atoms with Gasteiger partial charge in [0.1, 0.15) is 23.3 Å². The second kappa shape index (κ2) is 9.05.